The topological polar surface area (TPSA) is 80.6 Å². The van der Waals surface area contributed by atoms with Gasteiger partial charge in [0.25, 0.3) is 0 Å². The molecule has 0 spiro atoms. The van der Waals surface area contributed by atoms with E-state index in [-0.39, 0.29) is 18.3 Å². The fourth-order valence-electron chi connectivity index (χ4n) is 3.66. The Bertz CT molecular complexity index is 923. The maximum Gasteiger partial charge on any atom is 0.419 e. The van der Waals surface area contributed by atoms with Gasteiger partial charge in [-0.1, -0.05) is 42.1 Å². The Kier molecular flexibility index (Phi) is 8.10. The van der Waals surface area contributed by atoms with Gasteiger partial charge in [0.05, 0.1) is 6.61 Å². The van der Waals surface area contributed by atoms with Crippen LogP contribution in [0.5, 0.6) is 0 Å². The van der Waals surface area contributed by atoms with Crippen molar-refractivity contribution < 1.29 is 41.7 Å². The number of hydrogen-bond acceptors (Lipinski definition) is 7. The molecule has 0 saturated carbocycles. The van der Waals surface area contributed by atoms with Crippen molar-refractivity contribution in [1.82, 2.24) is 4.90 Å². The van der Waals surface area contributed by atoms with E-state index >= 15 is 4.39 Å². The molecule has 1 fully saturated rings. The van der Waals surface area contributed by atoms with Gasteiger partial charge in [0.15, 0.2) is 16.9 Å². The molecular weight excluding hydrogens is 492 g/mol. The first kappa shape index (κ1) is 27.7. The molecule has 7 nitrogen and oxygen atoms in total. The molecule has 2 heterocycles. The van der Waals surface area contributed by atoms with E-state index in [0.29, 0.717) is 12.5 Å². The number of aliphatic imine (C=N–C) groups is 1. The summed E-state index contributed by atoms with van der Waals surface area (Å²) in [6.07, 6.45) is -11.7. The lowest BCUT2D eigenvalue weighted by Gasteiger charge is -2.45. The van der Waals surface area contributed by atoms with Gasteiger partial charge in [-0.05, 0) is 40.2 Å². The number of aliphatic hydroxyl groups is 1. The summed E-state index contributed by atoms with van der Waals surface area (Å²) in [6, 6.07) is 7.29. The van der Waals surface area contributed by atoms with Gasteiger partial charge in [0.2, 0.25) is 0 Å². The predicted octanol–water partition coefficient (Wildman–Crippen LogP) is 4.68. The molecule has 35 heavy (non-hydrogen) atoms. The number of carbonyl (C=O) groups is 1. The van der Waals surface area contributed by atoms with Gasteiger partial charge in [0.1, 0.15) is 29.3 Å². The second kappa shape index (κ2) is 10.2. The molecule has 1 amide bonds. The van der Waals surface area contributed by atoms with Crippen molar-refractivity contribution in [2.24, 2.45) is 4.99 Å². The molecule has 0 bridgehead atoms. The summed E-state index contributed by atoms with van der Waals surface area (Å²) in [4.78, 5) is 18.0. The van der Waals surface area contributed by atoms with E-state index in [1.54, 1.807) is 58.0 Å². The number of carbonyl (C=O) groups excluding carboxylic acids is 1. The second-order valence-corrected chi connectivity index (χ2v) is 10.6. The molecule has 196 valence electrons. The Morgan fingerprint density at radius 3 is 2.37 bits per heavy atom. The highest BCUT2D eigenvalue weighted by molar-refractivity contribution is 8.14. The fraction of sp³-hybridized carbons (Fsp3) is 0.652. The van der Waals surface area contributed by atoms with Gasteiger partial charge in [-0.2, -0.15) is 13.2 Å². The van der Waals surface area contributed by atoms with Crippen molar-refractivity contribution >= 4 is 23.0 Å². The Hall–Kier alpha value is -1.89. The number of ether oxygens (including phenoxy) is 3. The molecule has 0 aromatic heterocycles. The van der Waals surface area contributed by atoms with Gasteiger partial charge in [-0.15, -0.1) is 0 Å². The maximum atomic E-state index is 15.7. The first-order valence-electron chi connectivity index (χ1n) is 11.1. The normalized spacial score (nSPS) is 28.6. The van der Waals surface area contributed by atoms with Crippen LogP contribution in [-0.2, 0) is 20.8 Å². The largest absolute Gasteiger partial charge is 0.443 e. The summed E-state index contributed by atoms with van der Waals surface area (Å²) in [5.41, 5.74) is -4.79. The van der Waals surface area contributed by atoms with E-state index in [1.165, 1.54) is 4.90 Å². The summed E-state index contributed by atoms with van der Waals surface area (Å²) >= 11 is 0.811. The lowest BCUT2D eigenvalue weighted by molar-refractivity contribution is -0.319. The predicted molar refractivity (Wildman–Crippen MR) is 123 cm³/mol. The zero-order valence-corrected chi connectivity index (χ0v) is 20.9. The lowest BCUT2D eigenvalue weighted by Crippen LogP contribution is -2.65. The minimum absolute atomic E-state index is 0.0634. The monoisotopic (exact) mass is 522 g/mol. The van der Waals surface area contributed by atoms with Crippen molar-refractivity contribution in [1.29, 1.82) is 0 Å². The van der Waals surface area contributed by atoms with E-state index in [4.69, 9.17) is 14.2 Å². The van der Waals surface area contributed by atoms with Gasteiger partial charge in [-0.25, -0.2) is 9.18 Å². The molecule has 0 unspecified atom stereocenters. The molecular formula is C23H30F4N2O5S. The Balaban J connectivity index is 1.88. The highest BCUT2D eigenvalue weighted by Gasteiger charge is 2.64. The third-order valence-electron chi connectivity index (χ3n) is 5.55. The smallest absolute Gasteiger partial charge is 0.419 e. The molecule has 6 atom stereocenters. The molecule has 1 aromatic carbocycles. The molecule has 2 aliphatic heterocycles. The van der Waals surface area contributed by atoms with Crippen LogP contribution in [0.3, 0.4) is 0 Å². The zero-order chi connectivity index (χ0) is 26.2. The molecule has 1 N–H and O–H groups in total. The average Bonchev–Trinajstić information content (AvgIpc) is 3.16. The number of halogens is 4. The second-order valence-electron chi connectivity index (χ2n) is 9.52. The number of benzene rings is 1. The van der Waals surface area contributed by atoms with Gasteiger partial charge < -0.3 is 19.3 Å². The van der Waals surface area contributed by atoms with Crippen LogP contribution >= 0.6 is 11.8 Å². The molecule has 3 rings (SSSR count). The summed E-state index contributed by atoms with van der Waals surface area (Å²) in [7, 11) is 0. The minimum atomic E-state index is -5.11. The Morgan fingerprint density at radius 2 is 1.83 bits per heavy atom. The number of thioether (sulfide) groups is 1. The van der Waals surface area contributed by atoms with E-state index in [2.05, 4.69) is 4.99 Å². The van der Waals surface area contributed by atoms with E-state index in [0.717, 1.165) is 11.8 Å². The van der Waals surface area contributed by atoms with Crippen LogP contribution in [0, 0.1) is 0 Å². The van der Waals surface area contributed by atoms with Crippen molar-refractivity contribution in [2.45, 2.75) is 88.5 Å². The Labute approximate surface area is 205 Å². The van der Waals surface area contributed by atoms with Crippen LogP contribution in [0.4, 0.5) is 22.4 Å². The van der Waals surface area contributed by atoms with Crippen LogP contribution in [-0.4, -0.2) is 75.0 Å². The number of rotatable bonds is 5. The third kappa shape index (κ3) is 6.10. The van der Waals surface area contributed by atoms with E-state index in [9.17, 15) is 23.1 Å². The SMILES string of the molecule is CCN(C(=O)OC(C)(C)C)C1=N[C@@H]2[C@@H](F)[C@H](OCc3ccccc3)[C@@H]([C@@](C)(O)C(F)(F)F)O[C@@H]2S1. The molecule has 0 radical (unpaired) electrons. The number of amidine groups is 1. The number of amides is 1. The van der Waals surface area contributed by atoms with Crippen molar-refractivity contribution in [2.75, 3.05) is 6.54 Å². The van der Waals surface area contributed by atoms with Gasteiger partial charge in [-0.3, -0.25) is 9.89 Å². The minimum Gasteiger partial charge on any atom is -0.443 e. The Morgan fingerprint density at radius 1 is 1.20 bits per heavy atom. The quantitative estimate of drug-likeness (QED) is 0.566. The van der Waals surface area contributed by atoms with Crippen molar-refractivity contribution in [3.63, 3.8) is 0 Å². The summed E-state index contributed by atoms with van der Waals surface area (Å²) in [5.74, 6) is 0. The van der Waals surface area contributed by atoms with E-state index in [1.807, 2.05) is 0 Å². The maximum absolute atomic E-state index is 15.7. The summed E-state index contributed by atoms with van der Waals surface area (Å²) in [6.45, 7) is 7.17. The van der Waals surface area contributed by atoms with Crippen LogP contribution in [0.1, 0.15) is 40.2 Å². The summed E-state index contributed by atoms with van der Waals surface area (Å²) in [5, 5.41) is 10.5. The number of fused-ring (bicyclic) bond motifs is 1. The first-order valence-corrected chi connectivity index (χ1v) is 12.0. The number of hydrogen-bond donors (Lipinski definition) is 1. The highest BCUT2D eigenvalue weighted by atomic mass is 32.2. The van der Waals surface area contributed by atoms with Gasteiger partial charge >= 0.3 is 12.3 Å². The fourth-order valence-corrected chi connectivity index (χ4v) is 4.90. The van der Waals surface area contributed by atoms with Gasteiger partial charge in [0, 0.05) is 6.54 Å². The molecule has 0 aliphatic carbocycles. The molecule has 2 aliphatic rings. The highest BCUT2D eigenvalue weighted by Crippen LogP contribution is 2.46. The summed E-state index contributed by atoms with van der Waals surface area (Å²) < 4.78 is 73.5. The third-order valence-corrected chi connectivity index (χ3v) is 6.71. The number of alkyl halides is 4. The van der Waals surface area contributed by atoms with Crippen LogP contribution in [0.15, 0.2) is 35.3 Å². The molecule has 1 saturated heterocycles. The van der Waals surface area contributed by atoms with Crippen molar-refractivity contribution in [3.8, 4) is 0 Å². The number of nitrogens with zero attached hydrogens (tertiary/aromatic N) is 2. The molecule has 1 aromatic rings. The lowest BCUT2D eigenvalue weighted by atomic mass is 9.87. The van der Waals surface area contributed by atoms with Crippen LogP contribution in [0.25, 0.3) is 0 Å². The average molecular weight is 523 g/mol. The van der Waals surface area contributed by atoms with Crippen molar-refractivity contribution in [3.05, 3.63) is 35.9 Å². The zero-order valence-electron chi connectivity index (χ0n) is 20.1. The van der Waals surface area contributed by atoms with Crippen LogP contribution < -0.4 is 0 Å². The molecule has 12 heteroatoms. The van der Waals surface area contributed by atoms with Crippen LogP contribution in [0.2, 0.25) is 0 Å². The van der Waals surface area contributed by atoms with E-state index < -0.39 is 53.3 Å². The first-order chi connectivity index (χ1) is 16.2. The standard InChI is InChI=1S/C23H30F4N2O5S/c1-6-29(20(30)34-21(2,3)4)19-28-15-14(24)16(32-12-13-10-8-7-9-11-13)17(33-18(15)35-19)22(5,31)23(25,26)27/h7-11,14-18,31H,6,12H2,1-5H3/t14-,15-,16+,17+,18-,22-/m1/s1.